The molecule has 0 spiro atoms. The Morgan fingerprint density at radius 1 is 1.62 bits per heavy atom. The summed E-state index contributed by atoms with van der Waals surface area (Å²) >= 11 is 5.94. The maximum atomic E-state index is 10.5. The molecular weight excluding hydrogens is 230 g/mol. The second-order valence-electron chi connectivity index (χ2n) is 3.49. The van der Waals surface area contributed by atoms with Crippen molar-refractivity contribution < 1.29 is 14.6 Å². The number of aliphatic carboxylic acids is 1. The molecule has 16 heavy (non-hydrogen) atoms. The average molecular weight is 244 g/mol. The number of benzene rings is 1. The fourth-order valence-corrected chi connectivity index (χ4v) is 1.61. The number of halogens is 1. The molecule has 0 amide bonds. The number of carboxylic acid groups (broad SMARTS) is 1. The van der Waals surface area contributed by atoms with Crippen molar-refractivity contribution in [1.29, 1.82) is 0 Å². The van der Waals surface area contributed by atoms with Gasteiger partial charge < -0.3 is 15.2 Å². The minimum atomic E-state index is -0.834. The SMILES string of the molecule is COc1ccc(NC(C)CC(=O)O)cc1Cl. The summed E-state index contributed by atoms with van der Waals surface area (Å²) in [6, 6.07) is 5.09. The Morgan fingerprint density at radius 2 is 2.31 bits per heavy atom. The fourth-order valence-electron chi connectivity index (χ4n) is 1.35. The Bertz CT molecular complexity index is 381. The third-order valence-corrected chi connectivity index (χ3v) is 2.34. The van der Waals surface area contributed by atoms with E-state index >= 15 is 0 Å². The quantitative estimate of drug-likeness (QED) is 0.835. The van der Waals surface area contributed by atoms with E-state index in [2.05, 4.69) is 5.32 Å². The summed E-state index contributed by atoms with van der Waals surface area (Å²) in [7, 11) is 1.54. The molecule has 0 aliphatic rings. The highest BCUT2D eigenvalue weighted by molar-refractivity contribution is 6.32. The number of anilines is 1. The van der Waals surface area contributed by atoms with E-state index in [0.717, 1.165) is 5.69 Å². The summed E-state index contributed by atoms with van der Waals surface area (Å²) in [6.45, 7) is 1.80. The van der Waals surface area contributed by atoms with Crippen molar-refractivity contribution in [3.05, 3.63) is 23.2 Å². The van der Waals surface area contributed by atoms with E-state index in [1.54, 1.807) is 32.2 Å². The summed E-state index contributed by atoms with van der Waals surface area (Å²) in [5.41, 5.74) is 0.777. The molecule has 0 aromatic heterocycles. The summed E-state index contributed by atoms with van der Waals surface area (Å²) in [4.78, 5) is 10.5. The Morgan fingerprint density at radius 3 is 2.81 bits per heavy atom. The van der Waals surface area contributed by atoms with Crippen LogP contribution in [-0.2, 0) is 4.79 Å². The molecule has 2 N–H and O–H groups in total. The molecule has 1 aromatic rings. The Labute approximate surface area is 99.2 Å². The number of rotatable bonds is 5. The van der Waals surface area contributed by atoms with Crippen molar-refractivity contribution in [2.24, 2.45) is 0 Å². The second-order valence-corrected chi connectivity index (χ2v) is 3.90. The topological polar surface area (TPSA) is 58.6 Å². The maximum Gasteiger partial charge on any atom is 0.305 e. The Kier molecular flexibility index (Phi) is 4.43. The molecule has 1 aromatic carbocycles. The van der Waals surface area contributed by atoms with Crippen LogP contribution in [0.25, 0.3) is 0 Å². The van der Waals surface area contributed by atoms with Gasteiger partial charge in [0, 0.05) is 11.7 Å². The zero-order valence-corrected chi connectivity index (χ0v) is 9.91. The molecule has 0 fully saturated rings. The summed E-state index contributed by atoms with van der Waals surface area (Å²) in [5, 5.41) is 12.2. The highest BCUT2D eigenvalue weighted by Crippen LogP contribution is 2.27. The number of carbonyl (C=O) groups is 1. The van der Waals surface area contributed by atoms with Gasteiger partial charge in [0.1, 0.15) is 5.75 Å². The van der Waals surface area contributed by atoms with Crippen molar-refractivity contribution in [2.45, 2.75) is 19.4 Å². The minimum Gasteiger partial charge on any atom is -0.495 e. The number of carboxylic acids is 1. The van der Waals surface area contributed by atoms with Crippen LogP contribution in [-0.4, -0.2) is 24.2 Å². The van der Waals surface area contributed by atoms with E-state index in [0.29, 0.717) is 10.8 Å². The van der Waals surface area contributed by atoms with Crippen LogP contribution >= 0.6 is 11.6 Å². The Hall–Kier alpha value is -1.42. The zero-order chi connectivity index (χ0) is 12.1. The normalized spacial score (nSPS) is 11.9. The molecule has 0 heterocycles. The van der Waals surface area contributed by atoms with Crippen LogP contribution in [0.1, 0.15) is 13.3 Å². The van der Waals surface area contributed by atoms with Crippen LogP contribution in [0, 0.1) is 0 Å². The van der Waals surface area contributed by atoms with E-state index in [9.17, 15) is 4.79 Å². The van der Waals surface area contributed by atoms with Gasteiger partial charge in [0.05, 0.1) is 18.6 Å². The van der Waals surface area contributed by atoms with Crippen molar-refractivity contribution in [3.8, 4) is 5.75 Å². The van der Waals surface area contributed by atoms with Gasteiger partial charge in [-0.05, 0) is 25.1 Å². The summed E-state index contributed by atoms with van der Waals surface area (Å²) in [5.74, 6) is -0.238. The summed E-state index contributed by atoms with van der Waals surface area (Å²) in [6.07, 6.45) is 0.0592. The van der Waals surface area contributed by atoms with Gasteiger partial charge in [-0.15, -0.1) is 0 Å². The van der Waals surface area contributed by atoms with Crippen LogP contribution in [0.3, 0.4) is 0 Å². The van der Waals surface area contributed by atoms with Gasteiger partial charge in [0.15, 0.2) is 0 Å². The molecule has 0 radical (unpaired) electrons. The molecule has 0 saturated heterocycles. The zero-order valence-electron chi connectivity index (χ0n) is 9.16. The molecule has 0 saturated carbocycles. The van der Waals surface area contributed by atoms with Crippen molar-refractivity contribution in [3.63, 3.8) is 0 Å². The number of hydrogen-bond acceptors (Lipinski definition) is 3. The van der Waals surface area contributed by atoms with Gasteiger partial charge >= 0.3 is 5.97 Å². The number of ether oxygens (including phenoxy) is 1. The van der Waals surface area contributed by atoms with Crippen LogP contribution in [0.15, 0.2) is 18.2 Å². The predicted octanol–water partition coefficient (Wildman–Crippen LogP) is 2.62. The number of hydrogen-bond donors (Lipinski definition) is 2. The van der Waals surface area contributed by atoms with Crippen LogP contribution in [0.5, 0.6) is 5.75 Å². The molecule has 1 atom stereocenters. The maximum absolute atomic E-state index is 10.5. The van der Waals surface area contributed by atoms with E-state index in [4.69, 9.17) is 21.4 Å². The lowest BCUT2D eigenvalue weighted by molar-refractivity contribution is -0.137. The molecular formula is C11H14ClNO3. The van der Waals surface area contributed by atoms with Crippen LogP contribution in [0.4, 0.5) is 5.69 Å². The standard InChI is InChI=1S/C11H14ClNO3/c1-7(5-11(14)15)13-8-3-4-10(16-2)9(12)6-8/h3-4,6-7,13H,5H2,1-2H3,(H,14,15). The molecule has 0 bridgehead atoms. The van der Waals surface area contributed by atoms with Gasteiger partial charge in [0.2, 0.25) is 0 Å². The molecule has 1 unspecified atom stereocenters. The van der Waals surface area contributed by atoms with E-state index in [1.165, 1.54) is 0 Å². The van der Waals surface area contributed by atoms with E-state index < -0.39 is 5.97 Å². The molecule has 5 heteroatoms. The van der Waals surface area contributed by atoms with E-state index in [1.807, 2.05) is 0 Å². The third-order valence-electron chi connectivity index (χ3n) is 2.05. The first-order chi connectivity index (χ1) is 7.52. The smallest absolute Gasteiger partial charge is 0.305 e. The molecule has 88 valence electrons. The van der Waals surface area contributed by atoms with Gasteiger partial charge in [-0.3, -0.25) is 4.79 Å². The van der Waals surface area contributed by atoms with Gasteiger partial charge in [-0.25, -0.2) is 0 Å². The van der Waals surface area contributed by atoms with Crippen LogP contribution in [0.2, 0.25) is 5.02 Å². The predicted molar refractivity (Wildman–Crippen MR) is 63.3 cm³/mol. The second kappa shape index (κ2) is 5.61. The van der Waals surface area contributed by atoms with Gasteiger partial charge in [0.25, 0.3) is 0 Å². The van der Waals surface area contributed by atoms with Crippen molar-refractivity contribution >= 4 is 23.3 Å². The first-order valence-electron chi connectivity index (χ1n) is 4.84. The monoisotopic (exact) mass is 243 g/mol. The first kappa shape index (κ1) is 12.6. The largest absolute Gasteiger partial charge is 0.495 e. The van der Waals surface area contributed by atoms with Crippen molar-refractivity contribution in [2.75, 3.05) is 12.4 Å². The summed E-state index contributed by atoms with van der Waals surface area (Å²) < 4.78 is 5.02. The third kappa shape index (κ3) is 3.62. The lowest BCUT2D eigenvalue weighted by atomic mass is 10.2. The molecule has 0 aliphatic carbocycles. The lowest BCUT2D eigenvalue weighted by Gasteiger charge is -2.14. The number of methoxy groups -OCH3 is 1. The van der Waals surface area contributed by atoms with E-state index in [-0.39, 0.29) is 12.5 Å². The fraction of sp³-hybridized carbons (Fsp3) is 0.364. The lowest BCUT2D eigenvalue weighted by Crippen LogP contribution is -2.19. The van der Waals surface area contributed by atoms with Crippen molar-refractivity contribution in [1.82, 2.24) is 0 Å². The molecule has 1 rings (SSSR count). The average Bonchev–Trinajstić information content (AvgIpc) is 2.16. The first-order valence-corrected chi connectivity index (χ1v) is 5.22. The Balaban J connectivity index is 2.67. The minimum absolute atomic E-state index is 0.0592. The van der Waals surface area contributed by atoms with Gasteiger partial charge in [-0.2, -0.15) is 0 Å². The molecule has 0 aliphatic heterocycles. The highest BCUT2D eigenvalue weighted by Gasteiger charge is 2.08. The van der Waals surface area contributed by atoms with Gasteiger partial charge in [-0.1, -0.05) is 11.6 Å². The van der Waals surface area contributed by atoms with Crippen LogP contribution < -0.4 is 10.1 Å². The number of nitrogens with one attached hydrogen (secondary N) is 1. The highest BCUT2D eigenvalue weighted by atomic mass is 35.5. The molecule has 4 nitrogen and oxygen atoms in total.